The van der Waals surface area contributed by atoms with E-state index in [9.17, 15) is 14.4 Å². The number of hydrogen-bond donors (Lipinski definition) is 1. The third-order valence-electron chi connectivity index (χ3n) is 5.89. The molecule has 1 amide bonds. The van der Waals surface area contributed by atoms with E-state index in [1.807, 2.05) is 37.3 Å². The van der Waals surface area contributed by atoms with Crippen molar-refractivity contribution in [2.75, 3.05) is 27.1 Å². The summed E-state index contributed by atoms with van der Waals surface area (Å²) in [5.74, 6) is -0.695. The molecule has 0 fully saturated rings. The second kappa shape index (κ2) is 15.0. The molecule has 0 aliphatic carbocycles. The summed E-state index contributed by atoms with van der Waals surface area (Å²) in [5, 5.41) is 2.67. The largest absolute Gasteiger partial charge is 0.493 e. The van der Waals surface area contributed by atoms with Gasteiger partial charge in [-0.25, -0.2) is 4.98 Å². The van der Waals surface area contributed by atoms with Crippen LogP contribution in [-0.2, 0) is 23.8 Å². The third-order valence-corrected chi connectivity index (χ3v) is 5.89. The Morgan fingerprint density at radius 2 is 1.84 bits per heavy atom. The fourth-order valence-electron chi connectivity index (χ4n) is 3.41. The minimum Gasteiger partial charge on any atom is -0.493 e. The normalized spacial score (nSPS) is 14.9. The molecule has 0 spiro atoms. The molecule has 0 aliphatic rings. The molecule has 1 aromatic heterocycles. The molecule has 10 nitrogen and oxygen atoms in total. The van der Waals surface area contributed by atoms with Crippen LogP contribution in [0.3, 0.4) is 0 Å². The van der Waals surface area contributed by atoms with E-state index in [0.29, 0.717) is 18.8 Å². The molecule has 0 radical (unpaired) electrons. The first kappa shape index (κ1) is 30.7. The minimum absolute atomic E-state index is 0.0288. The molecule has 0 aliphatic heterocycles. The number of nitrogens with zero attached hydrogens (tertiary/aromatic N) is 1. The van der Waals surface area contributed by atoms with E-state index in [0.717, 1.165) is 12.0 Å². The highest BCUT2D eigenvalue weighted by Gasteiger charge is 2.32. The Hall–Kier alpha value is -3.50. The standard InChI is InChI=1S/C28H38N2O8/c1-7-19(2)15-35-25(22-11-9-8-10-12-22)20(3)36-17-28(5,16-31)30-27(33)24-26(38-18-37-21(4)32)23(34-6)13-14-29-24/h8-14,16,19-20,25H,7,15,17-18H2,1-6H3,(H,30,33)/t19?,20-,25+,28-/m0/s1. The van der Waals surface area contributed by atoms with Crippen molar-refractivity contribution in [2.45, 2.75) is 58.8 Å². The average molecular weight is 531 g/mol. The second-order valence-corrected chi connectivity index (χ2v) is 9.27. The van der Waals surface area contributed by atoms with Gasteiger partial charge in [0.2, 0.25) is 6.79 Å². The fraction of sp³-hybridized carbons (Fsp3) is 0.500. The van der Waals surface area contributed by atoms with Gasteiger partial charge in [-0.3, -0.25) is 9.59 Å². The molecule has 1 N–H and O–H groups in total. The molecule has 208 valence electrons. The van der Waals surface area contributed by atoms with Crippen molar-refractivity contribution in [2.24, 2.45) is 5.92 Å². The highest BCUT2D eigenvalue weighted by atomic mass is 16.7. The Morgan fingerprint density at radius 3 is 2.45 bits per heavy atom. The minimum atomic E-state index is -1.39. The Kier molecular flexibility index (Phi) is 12.2. The number of hydrogen-bond acceptors (Lipinski definition) is 9. The second-order valence-electron chi connectivity index (χ2n) is 9.27. The Balaban J connectivity index is 2.16. The smallest absolute Gasteiger partial charge is 0.305 e. The summed E-state index contributed by atoms with van der Waals surface area (Å²) in [6.45, 7) is 8.85. The maximum absolute atomic E-state index is 13.2. The molecule has 2 rings (SSSR count). The number of amides is 1. The van der Waals surface area contributed by atoms with Gasteiger partial charge in [-0.1, -0.05) is 50.6 Å². The van der Waals surface area contributed by atoms with Gasteiger partial charge in [-0.15, -0.1) is 0 Å². The summed E-state index contributed by atoms with van der Waals surface area (Å²) >= 11 is 0. The molecule has 4 atom stereocenters. The van der Waals surface area contributed by atoms with Gasteiger partial charge in [-0.05, 0) is 25.3 Å². The van der Waals surface area contributed by atoms with E-state index < -0.39 is 30.3 Å². The van der Waals surface area contributed by atoms with Gasteiger partial charge in [0.25, 0.3) is 5.91 Å². The Bertz CT molecular complexity index is 1050. The molecule has 1 aromatic carbocycles. The number of aldehydes is 1. The van der Waals surface area contributed by atoms with Crippen LogP contribution in [0.25, 0.3) is 0 Å². The SMILES string of the molecule is CCC(C)CO[C@@H](c1ccccc1)[C@H](C)OC[C@](C)(C=O)NC(=O)c1nccc(OC)c1OCOC(C)=O. The molecule has 2 aromatic rings. The molecule has 1 unspecified atom stereocenters. The van der Waals surface area contributed by atoms with Gasteiger partial charge in [0, 0.05) is 19.2 Å². The van der Waals surface area contributed by atoms with Crippen LogP contribution < -0.4 is 14.8 Å². The zero-order valence-electron chi connectivity index (χ0n) is 22.9. The van der Waals surface area contributed by atoms with Crippen LogP contribution in [-0.4, -0.2) is 61.9 Å². The Labute approximate surface area is 224 Å². The number of nitrogens with one attached hydrogen (secondary N) is 1. The quantitative estimate of drug-likeness (QED) is 0.196. The first-order chi connectivity index (χ1) is 18.1. The Morgan fingerprint density at radius 1 is 1.13 bits per heavy atom. The zero-order valence-corrected chi connectivity index (χ0v) is 22.9. The van der Waals surface area contributed by atoms with Gasteiger partial charge in [0.15, 0.2) is 17.2 Å². The van der Waals surface area contributed by atoms with Crippen LogP contribution in [0, 0.1) is 5.92 Å². The van der Waals surface area contributed by atoms with Crippen molar-refractivity contribution in [3.63, 3.8) is 0 Å². The maximum atomic E-state index is 13.2. The number of carbonyl (C=O) groups excluding carboxylic acids is 3. The number of ether oxygens (including phenoxy) is 5. The van der Waals surface area contributed by atoms with Crippen molar-refractivity contribution in [3.8, 4) is 11.5 Å². The summed E-state index contributed by atoms with van der Waals surface area (Å²) < 4.78 is 27.8. The van der Waals surface area contributed by atoms with Gasteiger partial charge >= 0.3 is 5.97 Å². The van der Waals surface area contributed by atoms with Gasteiger partial charge in [0.1, 0.15) is 17.9 Å². The van der Waals surface area contributed by atoms with Crippen molar-refractivity contribution in [1.29, 1.82) is 0 Å². The van der Waals surface area contributed by atoms with Gasteiger partial charge in [0.05, 0.1) is 26.4 Å². The number of rotatable bonds is 16. The highest BCUT2D eigenvalue weighted by molar-refractivity contribution is 5.97. The van der Waals surface area contributed by atoms with Crippen LogP contribution in [0.5, 0.6) is 11.5 Å². The topological polar surface area (TPSA) is 122 Å². The summed E-state index contributed by atoms with van der Waals surface area (Å²) in [4.78, 5) is 40.4. The predicted molar refractivity (Wildman–Crippen MR) is 140 cm³/mol. The van der Waals surface area contributed by atoms with Crippen molar-refractivity contribution >= 4 is 18.2 Å². The summed E-state index contributed by atoms with van der Waals surface area (Å²) in [6, 6.07) is 11.2. The van der Waals surface area contributed by atoms with Gasteiger partial charge < -0.3 is 33.8 Å². The third kappa shape index (κ3) is 9.11. The van der Waals surface area contributed by atoms with E-state index in [1.54, 1.807) is 6.92 Å². The number of benzene rings is 1. The van der Waals surface area contributed by atoms with Crippen molar-refractivity contribution in [1.82, 2.24) is 10.3 Å². The van der Waals surface area contributed by atoms with Crippen LogP contribution in [0.4, 0.5) is 0 Å². The van der Waals surface area contributed by atoms with E-state index in [2.05, 4.69) is 24.1 Å². The molecule has 0 bridgehead atoms. The predicted octanol–water partition coefficient (Wildman–Crippen LogP) is 3.89. The maximum Gasteiger partial charge on any atom is 0.305 e. The molecule has 1 heterocycles. The van der Waals surface area contributed by atoms with Crippen LogP contribution >= 0.6 is 0 Å². The summed E-state index contributed by atoms with van der Waals surface area (Å²) in [7, 11) is 1.40. The number of carbonyl (C=O) groups is 3. The van der Waals surface area contributed by atoms with Crippen LogP contribution in [0.2, 0.25) is 0 Å². The van der Waals surface area contributed by atoms with Crippen molar-refractivity contribution in [3.05, 3.63) is 53.9 Å². The fourth-order valence-corrected chi connectivity index (χ4v) is 3.41. The summed E-state index contributed by atoms with van der Waals surface area (Å²) in [6.07, 6.45) is 2.17. The lowest BCUT2D eigenvalue weighted by Gasteiger charge is -2.30. The summed E-state index contributed by atoms with van der Waals surface area (Å²) in [5.41, 5.74) is -0.576. The van der Waals surface area contributed by atoms with E-state index in [4.69, 9.17) is 23.7 Å². The number of methoxy groups -OCH3 is 1. The lowest BCUT2D eigenvalue weighted by Crippen LogP contribution is -2.52. The van der Waals surface area contributed by atoms with Crippen LogP contribution in [0.1, 0.15) is 63.2 Å². The van der Waals surface area contributed by atoms with Gasteiger partial charge in [-0.2, -0.15) is 0 Å². The molecular weight excluding hydrogens is 492 g/mol. The molecular formula is C28H38N2O8. The highest BCUT2D eigenvalue weighted by Crippen LogP contribution is 2.30. The lowest BCUT2D eigenvalue weighted by molar-refractivity contribution is -0.147. The van der Waals surface area contributed by atoms with Crippen molar-refractivity contribution < 1.29 is 38.1 Å². The molecule has 0 saturated heterocycles. The monoisotopic (exact) mass is 530 g/mol. The van der Waals surface area contributed by atoms with E-state index in [1.165, 1.54) is 26.3 Å². The van der Waals surface area contributed by atoms with Crippen LogP contribution in [0.15, 0.2) is 42.6 Å². The number of aromatic nitrogens is 1. The molecule has 38 heavy (non-hydrogen) atoms. The van der Waals surface area contributed by atoms with E-state index in [-0.39, 0.29) is 29.9 Å². The average Bonchev–Trinajstić information content (AvgIpc) is 2.92. The lowest BCUT2D eigenvalue weighted by atomic mass is 10.0. The number of pyridine rings is 1. The zero-order chi connectivity index (χ0) is 28.1. The van der Waals surface area contributed by atoms with E-state index >= 15 is 0 Å². The molecule has 10 heteroatoms. The molecule has 0 saturated carbocycles. The first-order valence-corrected chi connectivity index (χ1v) is 12.5. The number of esters is 1. The first-order valence-electron chi connectivity index (χ1n) is 12.5.